The molecule has 2 atom stereocenters. The molecule has 9 heteroatoms. The predicted molar refractivity (Wildman–Crippen MR) is 114 cm³/mol. The molecule has 148 valence electrons. The zero-order valence-corrected chi connectivity index (χ0v) is 18.5. The number of nitrogens with one attached hydrogen (secondary N) is 1. The number of piperazine rings is 1. The van der Waals surface area contributed by atoms with Crippen molar-refractivity contribution in [2.24, 2.45) is 10.9 Å². The molecule has 1 amide bonds. The van der Waals surface area contributed by atoms with Crippen molar-refractivity contribution >= 4 is 45.7 Å². The molecule has 3 fully saturated rings. The lowest BCUT2D eigenvalue weighted by molar-refractivity contribution is -0.130. The molecule has 0 aromatic rings. The van der Waals surface area contributed by atoms with Crippen LogP contribution in [0.25, 0.3) is 0 Å². The molecule has 0 aliphatic carbocycles. The Morgan fingerprint density at radius 3 is 2.77 bits per heavy atom. The number of sulfone groups is 1. The third kappa shape index (κ3) is 5.34. The molecule has 3 saturated heterocycles. The van der Waals surface area contributed by atoms with Crippen LogP contribution >= 0.6 is 24.0 Å². The summed E-state index contributed by atoms with van der Waals surface area (Å²) in [5, 5.41) is 3.38. The van der Waals surface area contributed by atoms with Crippen molar-refractivity contribution in [3.63, 3.8) is 0 Å². The molecule has 3 aliphatic rings. The van der Waals surface area contributed by atoms with Gasteiger partial charge in [-0.15, -0.1) is 24.0 Å². The van der Waals surface area contributed by atoms with E-state index < -0.39 is 9.84 Å². The molecule has 0 aromatic heterocycles. The van der Waals surface area contributed by atoms with E-state index in [2.05, 4.69) is 21.8 Å². The van der Waals surface area contributed by atoms with Crippen LogP contribution in [0.5, 0.6) is 0 Å². The Morgan fingerprint density at radius 1 is 1.35 bits per heavy atom. The maximum atomic E-state index is 11.9. The van der Waals surface area contributed by atoms with E-state index >= 15 is 0 Å². The highest BCUT2D eigenvalue weighted by Crippen LogP contribution is 2.23. The third-order valence-electron chi connectivity index (χ3n) is 5.17. The molecule has 3 rings (SSSR count). The van der Waals surface area contributed by atoms with E-state index in [9.17, 15) is 13.2 Å². The minimum absolute atomic E-state index is 0. The van der Waals surface area contributed by atoms with Crippen LogP contribution in [0.1, 0.15) is 26.2 Å². The van der Waals surface area contributed by atoms with E-state index in [1.165, 1.54) is 0 Å². The fourth-order valence-corrected chi connectivity index (χ4v) is 5.66. The van der Waals surface area contributed by atoms with Gasteiger partial charge in [-0.3, -0.25) is 4.79 Å². The molecule has 26 heavy (non-hydrogen) atoms. The number of hydrogen-bond donors (Lipinski definition) is 1. The van der Waals surface area contributed by atoms with E-state index in [4.69, 9.17) is 0 Å². The maximum Gasteiger partial charge on any atom is 0.223 e. The number of rotatable bonds is 4. The molecular weight excluding hydrogens is 467 g/mol. The Hall–Kier alpha value is -0.840. The standard InChI is InChI=1S/C17H28N4O3S.HI/c1-13(2)9-18-17(19-10-14-5-8-25(23,24)12-14)20-6-7-21-15(11-20)3-4-16(21)22;/h14-15H,1,3-12H2,2H3,(H,18,19);1H. The molecule has 3 heterocycles. The first-order valence-corrected chi connectivity index (χ1v) is 10.8. The second kappa shape index (κ2) is 8.90. The average molecular weight is 496 g/mol. The van der Waals surface area contributed by atoms with Gasteiger partial charge in [0.1, 0.15) is 0 Å². The molecule has 3 aliphatic heterocycles. The molecular formula is C17H29IN4O3S. The van der Waals surface area contributed by atoms with E-state index in [0.29, 0.717) is 31.7 Å². The lowest BCUT2D eigenvalue weighted by Crippen LogP contribution is -2.56. The highest BCUT2D eigenvalue weighted by Gasteiger charge is 2.36. The van der Waals surface area contributed by atoms with Crippen molar-refractivity contribution < 1.29 is 13.2 Å². The second-order valence-electron chi connectivity index (χ2n) is 7.47. The maximum absolute atomic E-state index is 11.9. The van der Waals surface area contributed by atoms with Crippen LogP contribution in [0.2, 0.25) is 0 Å². The van der Waals surface area contributed by atoms with Crippen molar-refractivity contribution in [1.82, 2.24) is 15.1 Å². The molecule has 7 nitrogen and oxygen atoms in total. The Morgan fingerprint density at radius 2 is 2.12 bits per heavy atom. The number of guanidine groups is 1. The zero-order valence-electron chi connectivity index (χ0n) is 15.3. The first-order valence-electron chi connectivity index (χ1n) is 9.01. The zero-order chi connectivity index (χ0) is 18.0. The van der Waals surface area contributed by atoms with Crippen LogP contribution in [-0.2, 0) is 14.6 Å². The largest absolute Gasteiger partial charge is 0.356 e. The third-order valence-corrected chi connectivity index (χ3v) is 7.01. The quantitative estimate of drug-likeness (QED) is 0.271. The summed E-state index contributed by atoms with van der Waals surface area (Å²) < 4.78 is 23.3. The van der Waals surface area contributed by atoms with Gasteiger partial charge in [0.05, 0.1) is 18.1 Å². The Labute approximate surface area is 173 Å². The fraction of sp³-hybridized carbons (Fsp3) is 0.765. The van der Waals surface area contributed by atoms with Gasteiger partial charge < -0.3 is 15.1 Å². The number of fused-ring (bicyclic) bond motifs is 1. The summed E-state index contributed by atoms with van der Waals surface area (Å²) in [7, 11) is -2.86. The minimum Gasteiger partial charge on any atom is -0.356 e. The molecule has 1 N–H and O–H groups in total. The first-order chi connectivity index (χ1) is 11.8. The summed E-state index contributed by atoms with van der Waals surface area (Å²) >= 11 is 0. The van der Waals surface area contributed by atoms with E-state index in [-0.39, 0.29) is 47.6 Å². The van der Waals surface area contributed by atoms with Crippen LogP contribution in [0.4, 0.5) is 0 Å². The van der Waals surface area contributed by atoms with Crippen molar-refractivity contribution in [1.29, 1.82) is 0 Å². The molecule has 0 bridgehead atoms. The van der Waals surface area contributed by atoms with Gasteiger partial charge in [0.25, 0.3) is 0 Å². The summed E-state index contributed by atoms with van der Waals surface area (Å²) in [6.45, 7) is 9.30. The molecule has 0 aromatic carbocycles. The van der Waals surface area contributed by atoms with E-state index in [1.807, 2.05) is 11.8 Å². The van der Waals surface area contributed by atoms with Crippen molar-refractivity contribution in [3.05, 3.63) is 12.2 Å². The molecule has 0 saturated carbocycles. The average Bonchev–Trinajstić information content (AvgIpc) is 3.09. The molecule has 2 unspecified atom stereocenters. The second-order valence-corrected chi connectivity index (χ2v) is 9.70. The SMILES string of the molecule is C=C(C)CN=C(NCC1CCS(=O)(=O)C1)N1CCN2C(=O)CCC2C1.I. The van der Waals surface area contributed by atoms with Crippen molar-refractivity contribution in [2.45, 2.75) is 32.2 Å². The van der Waals surface area contributed by atoms with Gasteiger partial charge in [0, 0.05) is 38.6 Å². The van der Waals surface area contributed by atoms with Gasteiger partial charge in [0.15, 0.2) is 15.8 Å². The number of nitrogens with zero attached hydrogens (tertiary/aromatic N) is 3. The Bertz CT molecular complexity index is 679. The summed E-state index contributed by atoms with van der Waals surface area (Å²) in [6.07, 6.45) is 2.27. The van der Waals surface area contributed by atoms with Crippen LogP contribution in [-0.4, -0.2) is 80.4 Å². The van der Waals surface area contributed by atoms with Gasteiger partial charge in [-0.05, 0) is 25.7 Å². The lowest BCUT2D eigenvalue weighted by atomic mass is 10.1. The number of amides is 1. The van der Waals surface area contributed by atoms with Crippen LogP contribution in [0.15, 0.2) is 17.1 Å². The Kier molecular flexibility index (Phi) is 7.35. The number of aliphatic imine (C=N–C) groups is 1. The number of hydrogen-bond acceptors (Lipinski definition) is 4. The Balaban J connectivity index is 0.00000243. The van der Waals surface area contributed by atoms with Gasteiger partial charge in [-0.25, -0.2) is 13.4 Å². The van der Waals surface area contributed by atoms with Crippen LogP contribution in [0, 0.1) is 5.92 Å². The smallest absolute Gasteiger partial charge is 0.223 e. The normalized spacial score (nSPS) is 27.9. The first kappa shape index (κ1) is 21.5. The van der Waals surface area contributed by atoms with Gasteiger partial charge in [-0.1, -0.05) is 12.2 Å². The van der Waals surface area contributed by atoms with E-state index in [0.717, 1.165) is 37.6 Å². The van der Waals surface area contributed by atoms with Gasteiger partial charge in [0.2, 0.25) is 5.91 Å². The molecule has 0 radical (unpaired) electrons. The van der Waals surface area contributed by atoms with Crippen LogP contribution < -0.4 is 5.32 Å². The minimum atomic E-state index is -2.86. The topological polar surface area (TPSA) is 82.1 Å². The number of halogens is 1. The highest BCUT2D eigenvalue weighted by atomic mass is 127. The summed E-state index contributed by atoms with van der Waals surface area (Å²) in [5.74, 6) is 1.77. The lowest BCUT2D eigenvalue weighted by Gasteiger charge is -2.39. The molecule has 0 spiro atoms. The highest BCUT2D eigenvalue weighted by molar-refractivity contribution is 14.0. The van der Waals surface area contributed by atoms with Crippen molar-refractivity contribution in [3.8, 4) is 0 Å². The predicted octanol–water partition coefficient (Wildman–Crippen LogP) is 0.867. The fourth-order valence-electron chi connectivity index (χ4n) is 3.80. The van der Waals surface area contributed by atoms with E-state index in [1.54, 1.807) is 0 Å². The van der Waals surface area contributed by atoms with Gasteiger partial charge in [-0.2, -0.15) is 0 Å². The van der Waals surface area contributed by atoms with Gasteiger partial charge >= 0.3 is 0 Å². The van der Waals surface area contributed by atoms with Crippen LogP contribution in [0.3, 0.4) is 0 Å². The monoisotopic (exact) mass is 496 g/mol. The summed E-state index contributed by atoms with van der Waals surface area (Å²) in [6, 6.07) is 0.268. The summed E-state index contributed by atoms with van der Waals surface area (Å²) in [4.78, 5) is 20.7. The number of carbonyl (C=O) groups excluding carboxylic acids is 1. The summed E-state index contributed by atoms with van der Waals surface area (Å²) in [5.41, 5.74) is 0.984. The number of carbonyl (C=O) groups is 1. The van der Waals surface area contributed by atoms with Crippen molar-refractivity contribution in [2.75, 3.05) is 44.2 Å².